The molecule has 1 aromatic heterocycles. The minimum Gasteiger partial charge on any atom is -0.382 e. The van der Waals surface area contributed by atoms with Gasteiger partial charge in [-0.3, -0.25) is 4.79 Å². The molecule has 3 N–H and O–H groups in total. The molecule has 0 aliphatic heterocycles. The van der Waals surface area contributed by atoms with Gasteiger partial charge < -0.3 is 11.1 Å². The number of rotatable bonds is 5. The zero-order valence-corrected chi connectivity index (χ0v) is 15.5. The molecule has 0 saturated heterocycles. The Labute approximate surface area is 158 Å². The standard InChI is InChI=1S/C17H15BrClN5O/c18-13-3-1-2-12(8-13)10-24-16(20)15(22-23-24)17(25)21-9-11-4-6-14(19)7-5-11/h1-8H,9-10,20H2,(H,21,25). The Morgan fingerprint density at radius 2 is 1.96 bits per heavy atom. The Morgan fingerprint density at radius 3 is 2.68 bits per heavy atom. The third-order valence-corrected chi connectivity index (χ3v) is 4.32. The Balaban J connectivity index is 1.67. The van der Waals surface area contributed by atoms with Crippen molar-refractivity contribution in [3.63, 3.8) is 0 Å². The van der Waals surface area contributed by atoms with Gasteiger partial charge in [-0.1, -0.05) is 57.0 Å². The van der Waals surface area contributed by atoms with Gasteiger partial charge in [0.15, 0.2) is 11.5 Å². The fourth-order valence-corrected chi connectivity index (χ4v) is 2.85. The molecule has 0 radical (unpaired) electrons. The first-order valence-electron chi connectivity index (χ1n) is 7.49. The van der Waals surface area contributed by atoms with Crippen LogP contribution in [0.2, 0.25) is 5.02 Å². The van der Waals surface area contributed by atoms with Crippen molar-refractivity contribution in [2.75, 3.05) is 5.73 Å². The molecule has 2 aromatic carbocycles. The monoisotopic (exact) mass is 419 g/mol. The van der Waals surface area contributed by atoms with Crippen molar-refractivity contribution in [1.29, 1.82) is 0 Å². The Morgan fingerprint density at radius 1 is 1.20 bits per heavy atom. The highest BCUT2D eigenvalue weighted by Crippen LogP contribution is 2.15. The number of anilines is 1. The van der Waals surface area contributed by atoms with E-state index in [0.717, 1.165) is 15.6 Å². The summed E-state index contributed by atoms with van der Waals surface area (Å²) in [5, 5.41) is 11.3. The summed E-state index contributed by atoms with van der Waals surface area (Å²) in [6.07, 6.45) is 0. The van der Waals surface area contributed by atoms with Gasteiger partial charge in [0.05, 0.1) is 6.54 Å². The maximum Gasteiger partial charge on any atom is 0.275 e. The van der Waals surface area contributed by atoms with Crippen LogP contribution in [0.3, 0.4) is 0 Å². The van der Waals surface area contributed by atoms with Crippen molar-refractivity contribution in [3.8, 4) is 0 Å². The number of nitrogen functional groups attached to an aromatic ring is 1. The molecule has 6 nitrogen and oxygen atoms in total. The van der Waals surface area contributed by atoms with E-state index in [-0.39, 0.29) is 17.4 Å². The van der Waals surface area contributed by atoms with E-state index in [1.807, 2.05) is 36.4 Å². The number of hydrogen-bond acceptors (Lipinski definition) is 4. The summed E-state index contributed by atoms with van der Waals surface area (Å²) >= 11 is 9.26. The maximum atomic E-state index is 12.3. The lowest BCUT2D eigenvalue weighted by atomic mass is 10.2. The molecule has 8 heteroatoms. The minimum absolute atomic E-state index is 0.115. The van der Waals surface area contributed by atoms with Crippen molar-refractivity contribution in [3.05, 3.63) is 74.8 Å². The zero-order valence-electron chi connectivity index (χ0n) is 13.1. The number of nitrogens with two attached hydrogens (primary N) is 1. The number of carbonyl (C=O) groups is 1. The lowest BCUT2D eigenvalue weighted by Gasteiger charge is -2.06. The van der Waals surface area contributed by atoms with E-state index in [0.29, 0.717) is 18.1 Å². The summed E-state index contributed by atoms with van der Waals surface area (Å²) in [7, 11) is 0. The molecule has 0 spiro atoms. The quantitative estimate of drug-likeness (QED) is 0.663. The second-order valence-electron chi connectivity index (χ2n) is 5.42. The summed E-state index contributed by atoms with van der Waals surface area (Å²) < 4.78 is 2.46. The number of benzene rings is 2. The number of amides is 1. The molecule has 0 atom stereocenters. The van der Waals surface area contributed by atoms with Crippen molar-refractivity contribution >= 4 is 39.3 Å². The molecule has 0 aliphatic rings. The van der Waals surface area contributed by atoms with Gasteiger partial charge >= 0.3 is 0 Å². The molecule has 0 aliphatic carbocycles. The van der Waals surface area contributed by atoms with E-state index in [9.17, 15) is 4.79 Å². The molecule has 0 saturated carbocycles. The first-order chi connectivity index (χ1) is 12.0. The molecule has 1 heterocycles. The predicted octanol–water partition coefficient (Wildman–Crippen LogP) is 3.25. The number of carbonyl (C=O) groups excluding carboxylic acids is 1. The van der Waals surface area contributed by atoms with Crippen LogP contribution in [0, 0.1) is 0 Å². The second-order valence-corrected chi connectivity index (χ2v) is 6.77. The van der Waals surface area contributed by atoms with Gasteiger partial charge in [-0.25, -0.2) is 4.68 Å². The summed E-state index contributed by atoms with van der Waals surface area (Å²) in [6.45, 7) is 0.788. The number of hydrogen-bond donors (Lipinski definition) is 2. The first kappa shape index (κ1) is 17.4. The molecular formula is C17H15BrClN5O. The molecule has 0 bridgehead atoms. The van der Waals surface area contributed by atoms with Crippen molar-refractivity contribution in [1.82, 2.24) is 20.3 Å². The average molecular weight is 421 g/mol. The summed E-state index contributed by atoms with van der Waals surface area (Å²) in [4.78, 5) is 12.3. The fourth-order valence-electron chi connectivity index (χ4n) is 2.28. The van der Waals surface area contributed by atoms with E-state index in [1.165, 1.54) is 4.68 Å². The minimum atomic E-state index is -0.368. The third kappa shape index (κ3) is 4.37. The number of nitrogens with zero attached hydrogens (tertiary/aromatic N) is 3. The largest absolute Gasteiger partial charge is 0.382 e. The van der Waals surface area contributed by atoms with Crippen LogP contribution in [0.5, 0.6) is 0 Å². The van der Waals surface area contributed by atoms with Gasteiger partial charge in [0, 0.05) is 16.0 Å². The number of halogens is 2. The van der Waals surface area contributed by atoms with Gasteiger partial charge in [-0.2, -0.15) is 0 Å². The molecule has 0 fully saturated rings. The Kier molecular flexibility index (Phi) is 5.35. The van der Waals surface area contributed by atoms with E-state index in [2.05, 4.69) is 31.6 Å². The molecule has 3 rings (SSSR count). The van der Waals surface area contributed by atoms with E-state index in [1.54, 1.807) is 12.1 Å². The van der Waals surface area contributed by atoms with Gasteiger partial charge in [0.1, 0.15) is 0 Å². The SMILES string of the molecule is Nc1c(C(=O)NCc2ccc(Cl)cc2)nnn1Cc1cccc(Br)c1. The Hall–Kier alpha value is -2.38. The maximum absolute atomic E-state index is 12.3. The lowest BCUT2D eigenvalue weighted by Crippen LogP contribution is -2.24. The molecular weight excluding hydrogens is 406 g/mol. The molecule has 3 aromatic rings. The van der Waals surface area contributed by atoms with Gasteiger partial charge in [-0.15, -0.1) is 5.10 Å². The highest BCUT2D eigenvalue weighted by molar-refractivity contribution is 9.10. The third-order valence-electron chi connectivity index (χ3n) is 3.58. The van der Waals surface area contributed by atoms with Gasteiger partial charge in [0.25, 0.3) is 5.91 Å². The van der Waals surface area contributed by atoms with E-state index >= 15 is 0 Å². The van der Waals surface area contributed by atoms with Crippen LogP contribution in [-0.4, -0.2) is 20.9 Å². The summed E-state index contributed by atoms with van der Waals surface area (Å²) in [5.74, 6) is -0.137. The molecule has 25 heavy (non-hydrogen) atoms. The molecule has 128 valence electrons. The molecule has 0 unspecified atom stereocenters. The highest BCUT2D eigenvalue weighted by Gasteiger charge is 2.17. The van der Waals surface area contributed by atoms with Crippen LogP contribution in [0.15, 0.2) is 53.0 Å². The van der Waals surface area contributed by atoms with Crippen LogP contribution >= 0.6 is 27.5 Å². The van der Waals surface area contributed by atoms with Crippen molar-refractivity contribution < 1.29 is 4.79 Å². The lowest BCUT2D eigenvalue weighted by molar-refractivity contribution is 0.0946. The van der Waals surface area contributed by atoms with Crippen LogP contribution in [-0.2, 0) is 13.1 Å². The smallest absolute Gasteiger partial charge is 0.275 e. The zero-order chi connectivity index (χ0) is 17.8. The topological polar surface area (TPSA) is 85.8 Å². The second kappa shape index (κ2) is 7.67. The average Bonchev–Trinajstić information content (AvgIpc) is 2.95. The fraction of sp³-hybridized carbons (Fsp3) is 0.118. The Bertz CT molecular complexity index is 894. The van der Waals surface area contributed by atoms with E-state index in [4.69, 9.17) is 17.3 Å². The van der Waals surface area contributed by atoms with Gasteiger partial charge in [-0.05, 0) is 35.4 Å². The van der Waals surface area contributed by atoms with Crippen LogP contribution in [0.4, 0.5) is 5.82 Å². The number of aromatic nitrogens is 3. The molecule has 1 amide bonds. The van der Waals surface area contributed by atoms with Crippen molar-refractivity contribution in [2.24, 2.45) is 0 Å². The van der Waals surface area contributed by atoms with Gasteiger partial charge in [0.2, 0.25) is 0 Å². The summed E-state index contributed by atoms with van der Waals surface area (Å²) in [6, 6.07) is 15.0. The number of nitrogens with one attached hydrogen (secondary N) is 1. The summed E-state index contributed by atoms with van der Waals surface area (Å²) in [5.41, 5.74) is 8.07. The van der Waals surface area contributed by atoms with Crippen LogP contribution in [0.1, 0.15) is 21.6 Å². The van der Waals surface area contributed by atoms with Crippen LogP contribution in [0.25, 0.3) is 0 Å². The van der Waals surface area contributed by atoms with Crippen molar-refractivity contribution in [2.45, 2.75) is 13.1 Å². The van der Waals surface area contributed by atoms with E-state index < -0.39 is 0 Å². The van der Waals surface area contributed by atoms with Crippen LogP contribution < -0.4 is 11.1 Å². The highest BCUT2D eigenvalue weighted by atomic mass is 79.9. The normalized spacial score (nSPS) is 10.6. The predicted molar refractivity (Wildman–Crippen MR) is 100 cm³/mol. The first-order valence-corrected chi connectivity index (χ1v) is 8.66.